The van der Waals surface area contributed by atoms with Crippen LogP contribution in [0, 0.1) is 5.92 Å². The fourth-order valence-corrected chi connectivity index (χ4v) is 1.93. The first-order valence-electron chi connectivity index (χ1n) is 5.20. The van der Waals surface area contributed by atoms with Crippen LogP contribution in [0.5, 0.6) is 5.75 Å². The van der Waals surface area contributed by atoms with E-state index in [1.807, 2.05) is 6.07 Å². The van der Waals surface area contributed by atoms with Crippen LogP contribution >= 0.6 is 15.9 Å². The Bertz CT molecular complexity index is 318. The van der Waals surface area contributed by atoms with Crippen LogP contribution in [0.4, 0.5) is 0 Å². The van der Waals surface area contributed by atoms with Crippen LogP contribution < -0.4 is 4.74 Å². The summed E-state index contributed by atoms with van der Waals surface area (Å²) in [5.74, 6) is 1.82. The third-order valence-corrected chi connectivity index (χ3v) is 2.98. The molecule has 0 radical (unpaired) electrons. The van der Waals surface area contributed by atoms with Gasteiger partial charge in [-0.15, -0.1) is 0 Å². The van der Waals surface area contributed by atoms with Gasteiger partial charge in [0, 0.05) is 4.47 Å². The molecule has 0 aliphatic heterocycles. The molecule has 0 bridgehead atoms. The predicted octanol–water partition coefficient (Wildman–Crippen LogP) is 3.80. The maximum atomic E-state index is 5.72. The summed E-state index contributed by atoms with van der Waals surface area (Å²) in [5, 5.41) is 0. The molecular weight excluding hydrogens is 240 g/mol. The minimum atomic E-state index is 0.819. The van der Waals surface area contributed by atoms with Crippen molar-refractivity contribution in [3.63, 3.8) is 0 Å². The molecule has 0 spiro atoms. The molecule has 0 aromatic heterocycles. The van der Waals surface area contributed by atoms with Crippen molar-refractivity contribution in [1.29, 1.82) is 0 Å². The van der Waals surface area contributed by atoms with Crippen molar-refractivity contribution in [2.24, 2.45) is 5.92 Å². The van der Waals surface area contributed by atoms with Gasteiger partial charge < -0.3 is 4.74 Å². The molecule has 1 aliphatic carbocycles. The second-order valence-corrected chi connectivity index (χ2v) is 4.82. The Balaban J connectivity index is 2.03. The monoisotopic (exact) mass is 254 g/mol. The van der Waals surface area contributed by atoms with Crippen molar-refractivity contribution in [3.05, 3.63) is 28.2 Å². The number of rotatable bonds is 4. The molecule has 14 heavy (non-hydrogen) atoms. The van der Waals surface area contributed by atoms with E-state index in [1.165, 1.54) is 18.4 Å². The van der Waals surface area contributed by atoms with E-state index in [-0.39, 0.29) is 0 Å². The summed E-state index contributed by atoms with van der Waals surface area (Å²) < 4.78 is 6.84. The first kappa shape index (κ1) is 10.0. The Labute approximate surface area is 93.6 Å². The summed E-state index contributed by atoms with van der Waals surface area (Å²) in [7, 11) is 0. The molecule has 0 heterocycles. The third-order valence-electron chi connectivity index (χ3n) is 2.52. The van der Waals surface area contributed by atoms with Crippen LogP contribution in [-0.2, 0) is 6.42 Å². The smallest absolute Gasteiger partial charge is 0.120 e. The lowest BCUT2D eigenvalue weighted by Gasteiger charge is -2.07. The van der Waals surface area contributed by atoms with Gasteiger partial charge in [0.25, 0.3) is 0 Å². The SMILES string of the molecule is CCc1cc(Br)cc(OCC2CC2)c1. The average molecular weight is 255 g/mol. The van der Waals surface area contributed by atoms with Gasteiger partial charge in [-0.2, -0.15) is 0 Å². The van der Waals surface area contributed by atoms with Crippen molar-refractivity contribution < 1.29 is 4.74 Å². The molecule has 2 rings (SSSR count). The summed E-state index contributed by atoms with van der Waals surface area (Å²) in [6.07, 6.45) is 3.74. The maximum absolute atomic E-state index is 5.72. The van der Waals surface area contributed by atoms with Crippen molar-refractivity contribution in [2.45, 2.75) is 26.2 Å². The van der Waals surface area contributed by atoms with Gasteiger partial charge >= 0.3 is 0 Å². The Hall–Kier alpha value is -0.500. The highest BCUT2D eigenvalue weighted by molar-refractivity contribution is 9.10. The van der Waals surface area contributed by atoms with Gasteiger partial charge in [-0.3, -0.25) is 0 Å². The molecular formula is C12H15BrO. The number of ether oxygens (including phenoxy) is 1. The molecule has 1 aliphatic rings. The van der Waals surface area contributed by atoms with Gasteiger partial charge in [0.15, 0.2) is 0 Å². The standard InChI is InChI=1S/C12H15BrO/c1-2-9-5-11(13)7-12(6-9)14-8-10-3-4-10/h5-7,10H,2-4,8H2,1H3. The fraction of sp³-hybridized carbons (Fsp3) is 0.500. The van der Waals surface area contributed by atoms with E-state index in [0.29, 0.717) is 0 Å². The summed E-state index contributed by atoms with van der Waals surface area (Å²) in [5.41, 5.74) is 1.32. The number of aryl methyl sites for hydroxylation is 1. The van der Waals surface area contributed by atoms with E-state index < -0.39 is 0 Å². The lowest BCUT2D eigenvalue weighted by molar-refractivity contribution is 0.299. The minimum Gasteiger partial charge on any atom is -0.493 e. The summed E-state index contributed by atoms with van der Waals surface area (Å²) in [6.45, 7) is 3.05. The van der Waals surface area contributed by atoms with Crippen LogP contribution in [0.3, 0.4) is 0 Å². The van der Waals surface area contributed by atoms with Crippen molar-refractivity contribution >= 4 is 15.9 Å². The lowest BCUT2D eigenvalue weighted by Crippen LogP contribution is -1.99. The third kappa shape index (κ3) is 2.74. The average Bonchev–Trinajstić information content (AvgIpc) is 2.97. The summed E-state index contributed by atoms with van der Waals surface area (Å²) in [6, 6.07) is 6.32. The molecule has 1 saturated carbocycles. The van der Waals surface area contributed by atoms with E-state index in [0.717, 1.165) is 29.2 Å². The lowest BCUT2D eigenvalue weighted by atomic mass is 10.2. The highest BCUT2D eigenvalue weighted by atomic mass is 79.9. The van der Waals surface area contributed by atoms with Crippen LogP contribution in [0.2, 0.25) is 0 Å². The molecule has 1 nitrogen and oxygen atoms in total. The van der Waals surface area contributed by atoms with Crippen molar-refractivity contribution in [2.75, 3.05) is 6.61 Å². The highest BCUT2D eigenvalue weighted by Crippen LogP contribution is 2.30. The molecule has 1 aromatic carbocycles. The fourth-order valence-electron chi connectivity index (χ4n) is 1.41. The zero-order chi connectivity index (χ0) is 9.97. The van der Waals surface area contributed by atoms with Gasteiger partial charge in [-0.05, 0) is 48.9 Å². The van der Waals surface area contributed by atoms with Crippen LogP contribution in [0.15, 0.2) is 22.7 Å². The van der Waals surface area contributed by atoms with E-state index in [9.17, 15) is 0 Å². The van der Waals surface area contributed by atoms with E-state index in [1.54, 1.807) is 0 Å². The summed E-state index contributed by atoms with van der Waals surface area (Å²) >= 11 is 3.50. The van der Waals surface area contributed by atoms with Crippen LogP contribution in [-0.4, -0.2) is 6.61 Å². The van der Waals surface area contributed by atoms with Gasteiger partial charge in [0.2, 0.25) is 0 Å². The normalized spacial score (nSPS) is 15.6. The van der Waals surface area contributed by atoms with Gasteiger partial charge in [0.1, 0.15) is 5.75 Å². The molecule has 76 valence electrons. The Morgan fingerprint density at radius 2 is 2.14 bits per heavy atom. The van der Waals surface area contributed by atoms with Gasteiger partial charge in [-0.25, -0.2) is 0 Å². The maximum Gasteiger partial charge on any atom is 0.120 e. The highest BCUT2D eigenvalue weighted by Gasteiger charge is 2.21. The Morgan fingerprint density at radius 3 is 2.79 bits per heavy atom. The summed E-state index contributed by atoms with van der Waals surface area (Å²) in [4.78, 5) is 0. The quantitative estimate of drug-likeness (QED) is 0.795. The second kappa shape index (κ2) is 4.35. The molecule has 0 unspecified atom stereocenters. The topological polar surface area (TPSA) is 9.23 Å². The van der Waals surface area contributed by atoms with E-state index in [2.05, 4.69) is 35.0 Å². The zero-order valence-corrected chi connectivity index (χ0v) is 10.0. The van der Waals surface area contributed by atoms with Gasteiger partial charge in [0.05, 0.1) is 6.61 Å². The molecule has 1 fully saturated rings. The largest absolute Gasteiger partial charge is 0.493 e. The molecule has 2 heteroatoms. The zero-order valence-electron chi connectivity index (χ0n) is 8.42. The predicted molar refractivity (Wildman–Crippen MR) is 61.7 cm³/mol. The molecule has 0 saturated heterocycles. The first-order chi connectivity index (χ1) is 6.78. The van der Waals surface area contributed by atoms with Crippen molar-refractivity contribution in [3.8, 4) is 5.75 Å². The number of hydrogen-bond acceptors (Lipinski definition) is 1. The Kier molecular flexibility index (Phi) is 3.12. The van der Waals surface area contributed by atoms with Crippen LogP contribution in [0.1, 0.15) is 25.3 Å². The molecule has 1 aromatic rings. The second-order valence-electron chi connectivity index (χ2n) is 3.90. The van der Waals surface area contributed by atoms with E-state index >= 15 is 0 Å². The van der Waals surface area contributed by atoms with Crippen LogP contribution in [0.25, 0.3) is 0 Å². The molecule has 0 atom stereocenters. The minimum absolute atomic E-state index is 0.819. The number of halogens is 1. The Morgan fingerprint density at radius 1 is 1.36 bits per heavy atom. The molecule has 0 N–H and O–H groups in total. The number of hydrogen-bond donors (Lipinski definition) is 0. The van der Waals surface area contributed by atoms with Crippen molar-refractivity contribution in [1.82, 2.24) is 0 Å². The van der Waals surface area contributed by atoms with E-state index in [4.69, 9.17) is 4.74 Å². The van der Waals surface area contributed by atoms with Gasteiger partial charge in [-0.1, -0.05) is 22.9 Å². The number of benzene rings is 1. The first-order valence-corrected chi connectivity index (χ1v) is 5.99. The molecule has 0 amide bonds.